The highest BCUT2D eigenvalue weighted by molar-refractivity contribution is 7.47. The molecule has 9 nitrogen and oxygen atoms in total. The van der Waals surface area contributed by atoms with Crippen LogP contribution in [-0.4, -0.2) is 74.9 Å². The first-order valence-corrected chi connectivity index (χ1v) is 26.2. The minimum atomic E-state index is -4.39. The molecule has 62 heavy (non-hydrogen) atoms. The molecule has 0 saturated heterocycles. The zero-order valence-electron chi connectivity index (χ0n) is 40.3. The van der Waals surface area contributed by atoms with Crippen molar-refractivity contribution < 1.29 is 42.1 Å². The van der Waals surface area contributed by atoms with E-state index in [9.17, 15) is 19.0 Å². The number of unbranched alkanes of at least 4 members (excludes halogenated alkanes) is 18. The van der Waals surface area contributed by atoms with E-state index >= 15 is 0 Å². The lowest BCUT2D eigenvalue weighted by Crippen LogP contribution is -2.37. The first-order chi connectivity index (χ1) is 30.0. The fourth-order valence-corrected chi connectivity index (χ4v) is 7.13. The summed E-state index contributed by atoms with van der Waals surface area (Å²) >= 11 is 0. The maximum absolute atomic E-state index is 12.7. The lowest BCUT2D eigenvalue weighted by atomic mass is 10.1. The number of likely N-dealkylation sites (N-methyl/N-ethyl adjacent to an activating group) is 1. The van der Waals surface area contributed by atoms with Crippen LogP contribution in [-0.2, 0) is 32.7 Å². The van der Waals surface area contributed by atoms with Gasteiger partial charge in [-0.05, 0) is 83.5 Å². The molecule has 10 heteroatoms. The normalized spacial score (nSPS) is 14.1. The lowest BCUT2D eigenvalue weighted by Gasteiger charge is -2.24. The molecule has 1 N–H and O–H groups in total. The van der Waals surface area contributed by atoms with Gasteiger partial charge < -0.3 is 18.9 Å². The lowest BCUT2D eigenvalue weighted by molar-refractivity contribution is -0.870. The van der Waals surface area contributed by atoms with Gasteiger partial charge in [0.2, 0.25) is 0 Å². The highest BCUT2D eigenvalue weighted by Gasteiger charge is 2.27. The molecule has 2 atom stereocenters. The van der Waals surface area contributed by atoms with Crippen LogP contribution in [0, 0.1) is 0 Å². The topological polar surface area (TPSA) is 108 Å². The van der Waals surface area contributed by atoms with Crippen molar-refractivity contribution in [1.82, 2.24) is 0 Å². The van der Waals surface area contributed by atoms with Gasteiger partial charge in [0.05, 0.1) is 27.7 Å². The van der Waals surface area contributed by atoms with Gasteiger partial charge in [-0.2, -0.15) is 0 Å². The Morgan fingerprint density at radius 3 is 1.37 bits per heavy atom. The number of esters is 2. The van der Waals surface area contributed by atoms with Crippen LogP contribution < -0.4 is 0 Å². The summed E-state index contributed by atoms with van der Waals surface area (Å²) in [5.74, 6) is -0.822. The highest BCUT2D eigenvalue weighted by atomic mass is 31.2. The number of ether oxygens (including phenoxy) is 2. The van der Waals surface area contributed by atoms with Crippen molar-refractivity contribution in [3.63, 3.8) is 0 Å². The van der Waals surface area contributed by atoms with Gasteiger partial charge in [0.25, 0.3) is 0 Å². The van der Waals surface area contributed by atoms with Gasteiger partial charge in [0, 0.05) is 12.8 Å². The summed E-state index contributed by atoms with van der Waals surface area (Å²) in [5.41, 5.74) is 0. The molecule has 0 aliphatic carbocycles. The SMILES string of the molecule is CC/C=C\C/C=C\C/C=C\C/C=C\CCCCCCCCC(=O)OC(COC(=O)CCCCCCCCCCC/C=C\C/C=C\CCCCC)COP(=O)(O)OCC[N+](C)(C)C. The summed E-state index contributed by atoms with van der Waals surface area (Å²) < 4.78 is 34.4. The Kier molecular flexibility index (Phi) is 41.9. The van der Waals surface area contributed by atoms with Crippen LogP contribution in [0.3, 0.4) is 0 Å². The quantitative estimate of drug-likeness (QED) is 0.0212. The molecule has 0 aromatic rings. The number of phosphoric acid groups is 1. The van der Waals surface area contributed by atoms with Gasteiger partial charge in [-0.15, -0.1) is 0 Å². The van der Waals surface area contributed by atoms with E-state index in [1.807, 2.05) is 21.1 Å². The van der Waals surface area contributed by atoms with E-state index in [2.05, 4.69) is 86.8 Å². The monoisotopic (exact) mass is 891 g/mol. The van der Waals surface area contributed by atoms with Gasteiger partial charge >= 0.3 is 19.8 Å². The largest absolute Gasteiger partial charge is 0.472 e. The fourth-order valence-electron chi connectivity index (χ4n) is 6.39. The fraction of sp³-hybridized carbons (Fsp3) is 0.731. The Hall–Kier alpha value is -2.55. The third-order valence-corrected chi connectivity index (χ3v) is 11.2. The Morgan fingerprint density at radius 1 is 0.516 bits per heavy atom. The van der Waals surface area contributed by atoms with E-state index in [1.54, 1.807) is 0 Å². The van der Waals surface area contributed by atoms with Gasteiger partial charge in [-0.3, -0.25) is 18.6 Å². The summed E-state index contributed by atoms with van der Waals surface area (Å²) in [6.45, 7) is 4.26. The molecule has 0 amide bonds. The van der Waals surface area contributed by atoms with E-state index in [4.69, 9.17) is 18.5 Å². The van der Waals surface area contributed by atoms with Gasteiger partial charge in [-0.25, -0.2) is 4.57 Å². The van der Waals surface area contributed by atoms with Crippen LogP contribution in [0.4, 0.5) is 0 Å². The van der Waals surface area contributed by atoms with E-state index in [0.29, 0.717) is 17.4 Å². The predicted octanol–water partition coefficient (Wildman–Crippen LogP) is 14.6. The molecule has 0 aromatic heterocycles. The number of hydrogen-bond acceptors (Lipinski definition) is 7. The molecule has 0 fully saturated rings. The summed E-state index contributed by atoms with van der Waals surface area (Å²) in [6.07, 6.45) is 55.1. The van der Waals surface area contributed by atoms with E-state index < -0.39 is 26.5 Å². The first-order valence-electron chi connectivity index (χ1n) is 24.7. The molecule has 0 aliphatic heterocycles. The van der Waals surface area contributed by atoms with Gasteiger partial charge in [0.1, 0.15) is 19.8 Å². The third-order valence-electron chi connectivity index (χ3n) is 10.2. The Labute approximate surface area is 380 Å². The predicted molar refractivity (Wildman–Crippen MR) is 261 cm³/mol. The second kappa shape index (κ2) is 43.7. The van der Waals surface area contributed by atoms with Gasteiger partial charge in [-0.1, -0.05) is 170 Å². The van der Waals surface area contributed by atoms with Crippen LogP contribution in [0.5, 0.6) is 0 Å². The maximum Gasteiger partial charge on any atom is 0.472 e. The first kappa shape index (κ1) is 59.5. The number of allylic oxidation sites excluding steroid dienone is 12. The summed E-state index contributed by atoms with van der Waals surface area (Å²) in [6, 6.07) is 0. The minimum Gasteiger partial charge on any atom is -0.462 e. The molecule has 0 aliphatic rings. The number of nitrogens with zero attached hydrogens (tertiary/aromatic N) is 1. The Bertz CT molecular complexity index is 1280. The smallest absolute Gasteiger partial charge is 0.462 e. The number of rotatable bonds is 44. The van der Waals surface area contributed by atoms with E-state index in [-0.39, 0.29) is 32.0 Å². The summed E-state index contributed by atoms with van der Waals surface area (Å²) in [7, 11) is 1.45. The van der Waals surface area contributed by atoms with Crippen LogP contribution >= 0.6 is 7.82 Å². The number of phosphoric ester groups is 1. The standard InChI is InChI=1S/C52H92NO8P/c1-6-8-10-12-14-16-18-20-22-24-26-28-30-32-34-36-38-40-42-44-51(54)58-48-50(49-60-62(56,57)59-47-46-53(3,4)5)61-52(55)45-43-41-39-37-35-33-31-29-27-25-23-21-19-17-15-13-11-9-7-2/h9,11,14-17,20-23,27,29,50H,6-8,10,12-13,18-19,24-26,28,30-49H2,1-5H3/p+1/b11-9-,16-14-,17-15-,22-20-,23-21-,29-27-. The van der Waals surface area contributed by atoms with E-state index in [1.165, 1.54) is 70.6 Å². The minimum absolute atomic E-state index is 0.0245. The maximum atomic E-state index is 12.7. The third kappa shape index (κ3) is 46.9. The average molecular weight is 891 g/mol. The molecular weight excluding hydrogens is 798 g/mol. The van der Waals surface area contributed by atoms with E-state index in [0.717, 1.165) is 89.9 Å². The van der Waals surface area contributed by atoms with Gasteiger partial charge in [0.15, 0.2) is 6.10 Å². The number of hydrogen-bond donors (Lipinski definition) is 1. The molecule has 0 heterocycles. The number of carbonyl (C=O) groups excluding carboxylic acids is 2. The molecule has 0 saturated carbocycles. The molecule has 0 aromatic carbocycles. The van der Waals surface area contributed by atoms with Crippen LogP contribution in [0.15, 0.2) is 72.9 Å². The number of quaternary nitrogens is 1. The van der Waals surface area contributed by atoms with Crippen molar-refractivity contribution in [1.29, 1.82) is 0 Å². The van der Waals surface area contributed by atoms with Crippen molar-refractivity contribution in [2.45, 2.75) is 200 Å². The molecular formula is C52H93NO8P+. The van der Waals surface area contributed by atoms with Crippen molar-refractivity contribution in [2.24, 2.45) is 0 Å². The zero-order chi connectivity index (χ0) is 45.7. The molecule has 358 valence electrons. The zero-order valence-corrected chi connectivity index (χ0v) is 41.2. The Balaban J connectivity index is 4.32. The van der Waals surface area contributed by atoms with Crippen molar-refractivity contribution >= 4 is 19.8 Å². The summed E-state index contributed by atoms with van der Waals surface area (Å²) in [5, 5.41) is 0. The van der Waals surface area contributed by atoms with Crippen molar-refractivity contribution in [2.75, 3.05) is 47.5 Å². The second-order valence-electron chi connectivity index (χ2n) is 17.5. The molecule has 2 unspecified atom stereocenters. The van der Waals surface area contributed by atoms with Crippen LogP contribution in [0.1, 0.15) is 194 Å². The molecule has 0 rings (SSSR count). The van der Waals surface area contributed by atoms with Crippen LogP contribution in [0.2, 0.25) is 0 Å². The molecule has 0 bridgehead atoms. The van der Waals surface area contributed by atoms with Crippen molar-refractivity contribution in [3.8, 4) is 0 Å². The molecule has 0 radical (unpaired) electrons. The average Bonchev–Trinajstić information content (AvgIpc) is 3.23. The Morgan fingerprint density at radius 2 is 0.919 bits per heavy atom. The van der Waals surface area contributed by atoms with Crippen molar-refractivity contribution in [3.05, 3.63) is 72.9 Å². The van der Waals surface area contributed by atoms with Crippen LogP contribution in [0.25, 0.3) is 0 Å². The summed E-state index contributed by atoms with van der Waals surface area (Å²) in [4.78, 5) is 35.5. The molecule has 0 spiro atoms. The highest BCUT2D eigenvalue weighted by Crippen LogP contribution is 2.43. The number of carbonyl (C=O) groups is 2. The second-order valence-corrected chi connectivity index (χ2v) is 18.9.